The van der Waals surface area contributed by atoms with Gasteiger partial charge in [-0.05, 0) is 42.5 Å². The molecule has 0 aliphatic heterocycles. The smallest absolute Gasteiger partial charge is 0.148 e. The summed E-state index contributed by atoms with van der Waals surface area (Å²) >= 11 is 0. The van der Waals surface area contributed by atoms with Crippen LogP contribution in [0, 0.1) is 17.2 Å². The molecule has 2 rings (SSSR count). The molecule has 0 saturated carbocycles. The molecule has 0 radical (unpaired) electrons. The molecule has 1 N–H and O–H groups in total. The van der Waals surface area contributed by atoms with Gasteiger partial charge in [-0.15, -0.1) is 0 Å². The first-order valence-corrected chi connectivity index (χ1v) is 6.76. The van der Waals surface area contributed by atoms with Crippen LogP contribution in [0.3, 0.4) is 0 Å². The van der Waals surface area contributed by atoms with E-state index in [1.165, 1.54) is 0 Å². The fourth-order valence-electron chi connectivity index (χ4n) is 2.15. The van der Waals surface area contributed by atoms with Crippen LogP contribution in [0.5, 0.6) is 0 Å². The number of nitrogens with one attached hydrogen (secondary N) is 1. The Balaban J connectivity index is 2.09. The Morgan fingerprint density at radius 1 is 1.45 bits per heavy atom. The molecule has 1 unspecified atom stereocenters. The third kappa shape index (κ3) is 3.12. The zero-order valence-electron chi connectivity index (χ0n) is 11.5. The Bertz CT molecular complexity index is 646. The van der Waals surface area contributed by atoms with E-state index < -0.39 is 0 Å². The predicted octanol–water partition coefficient (Wildman–Crippen LogP) is 3.13. The number of carbonyl (C=O) groups is 1. The molecular formula is C16H17N3O. The zero-order chi connectivity index (χ0) is 14.4. The number of carbonyl (C=O) groups excluding carboxylic acids is 1. The van der Waals surface area contributed by atoms with Crippen LogP contribution in [-0.4, -0.2) is 17.8 Å². The number of pyridine rings is 1. The highest BCUT2D eigenvalue weighted by Crippen LogP contribution is 2.21. The minimum absolute atomic E-state index is 0.123. The summed E-state index contributed by atoms with van der Waals surface area (Å²) in [5.74, 6) is 0.123. The van der Waals surface area contributed by atoms with Gasteiger partial charge in [0.1, 0.15) is 18.0 Å². The van der Waals surface area contributed by atoms with Gasteiger partial charge in [0.2, 0.25) is 0 Å². The summed E-state index contributed by atoms with van der Waals surface area (Å²) in [5.41, 5.74) is 1.44. The number of aldehydes is 1. The van der Waals surface area contributed by atoms with Gasteiger partial charge in [-0.25, -0.2) is 4.98 Å². The number of hydrogen-bond donors (Lipinski definition) is 1. The molecule has 4 nitrogen and oxygen atoms in total. The van der Waals surface area contributed by atoms with Crippen molar-refractivity contribution in [3.8, 4) is 6.07 Å². The number of anilines is 1. The Morgan fingerprint density at radius 2 is 2.30 bits per heavy atom. The second-order valence-corrected chi connectivity index (χ2v) is 4.73. The highest BCUT2D eigenvalue weighted by molar-refractivity contribution is 5.88. The molecule has 0 fully saturated rings. The average Bonchev–Trinajstić information content (AvgIpc) is 2.50. The summed E-state index contributed by atoms with van der Waals surface area (Å²) in [6, 6.07) is 9.82. The summed E-state index contributed by atoms with van der Waals surface area (Å²) < 4.78 is 0. The molecule has 0 aliphatic carbocycles. The van der Waals surface area contributed by atoms with Crippen LogP contribution in [0.4, 0.5) is 5.69 Å². The third-order valence-electron chi connectivity index (χ3n) is 3.43. The van der Waals surface area contributed by atoms with Crippen molar-refractivity contribution in [2.24, 2.45) is 5.92 Å². The van der Waals surface area contributed by atoms with Crippen molar-refractivity contribution >= 4 is 22.7 Å². The second-order valence-electron chi connectivity index (χ2n) is 4.73. The quantitative estimate of drug-likeness (QED) is 0.816. The number of rotatable bonds is 6. The first-order valence-electron chi connectivity index (χ1n) is 6.76. The Kier molecular flexibility index (Phi) is 4.67. The SMILES string of the molecule is CCC(C=O)CCNc1ccc2c(C#N)nccc2c1. The monoisotopic (exact) mass is 267 g/mol. The molecule has 0 saturated heterocycles. The van der Waals surface area contributed by atoms with E-state index in [1.807, 2.05) is 31.2 Å². The molecule has 1 aromatic carbocycles. The molecule has 20 heavy (non-hydrogen) atoms. The highest BCUT2D eigenvalue weighted by atomic mass is 16.1. The second kappa shape index (κ2) is 6.67. The lowest BCUT2D eigenvalue weighted by Crippen LogP contribution is -2.09. The molecule has 1 atom stereocenters. The number of nitriles is 1. The van der Waals surface area contributed by atoms with Crippen molar-refractivity contribution < 1.29 is 4.79 Å². The lowest BCUT2D eigenvalue weighted by Gasteiger charge is -2.10. The Labute approximate surface area is 118 Å². The van der Waals surface area contributed by atoms with E-state index in [0.717, 1.165) is 42.1 Å². The van der Waals surface area contributed by atoms with Crippen LogP contribution in [-0.2, 0) is 4.79 Å². The van der Waals surface area contributed by atoms with Crippen molar-refractivity contribution in [2.45, 2.75) is 19.8 Å². The van der Waals surface area contributed by atoms with Gasteiger partial charge >= 0.3 is 0 Å². The van der Waals surface area contributed by atoms with E-state index in [-0.39, 0.29) is 5.92 Å². The van der Waals surface area contributed by atoms with E-state index >= 15 is 0 Å². The summed E-state index contributed by atoms with van der Waals surface area (Å²) in [5, 5.41) is 14.2. The standard InChI is InChI=1S/C16H17N3O/c1-2-12(11-20)5-7-18-14-3-4-15-13(9-14)6-8-19-16(15)10-17/h3-4,6,8-9,11-12,18H,2,5,7H2,1H3. The number of benzene rings is 1. The highest BCUT2D eigenvalue weighted by Gasteiger charge is 2.05. The zero-order valence-corrected chi connectivity index (χ0v) is 11.5. The molecule has 2 aromatic rings. The normalized spacial score (nSPS) is 11.8. The van der Waals surface area contributed by atoms with Crippen molar-refractivity contribution in [2.75, 3.05) is 11.9 Å². The van der Waals surface area contributed by atoms with Gasteiger partial charge < -0.3 is 10.1 Å². The van der Waals surface area contributed by atoms with Crippen molar-refractivity contribution in [3.05, 3.63) is 36.2 Å². The average molecular weight is 267 g/mol. The maximum absolute atomic E-state index is 10.8. The minimum Gasteiger partial charge on any atom is -0.385 e. The number of hydrogen-bond acceptors (Lipinski definition) is 4. The number of aromatic nitrogens is 1. The predicted molar refractivity (Wildman–Crippen MR) is 79.4 cm³/mol. The van der Waals surface area contributed by atoms with Gasteiger partial charge in [-0.1, -0.05) is 6.92 Å². The lowest BCUT2D eigenvalue weighted by atomic mass is 10.0. The third-order valence-corrected chi connectivity index (χ3v) is 3.43. The van der Waals surface area contributed by atoms with Crippen LogP contribution >= 0.6 is 0 Å². The molecule has 0 spiro atoms. The van der Waals surface area contributed by atoms with Crippen molar-refractivity contribution in [1.82, 2.24) is 4.98 Å². The minimum atomic E-state index is 0.123. The van der Waals surface area contributed by atoms with Gasteiger partial charge in [0.05, 0.1) is 0 Å². The van der Waals surface area contributed by atoms with Crippen LogP contribution in [0.15, 0.2) is 30.5 Å². The number of nitrogens with zero attached hydrogens (tertiary/aromatic N) is 2. The Hall–Kier alpha value is -2.41. The Morgan fingerprint density at radius 3 is 3.00 bits per heavy atom. The summed E-state index contributed by atoms with van der Waals surface area (Å²) in [7, 11) is 0. The van der Waals surface area contributed by atoms with Crippen LogP contribution < -0.4 is 5.32 Å². The molecule has 1 heterocycles. The fraction of sp³-hybridized carbons (Fsp3) is 0.312. The fourth-order valence-corrected chi connectivity index (χ4v) is 2.15. The molecule has 102 valence electrons. The van der Waals surface area contributed by atoms with E-state index in [0.29, 0.717) is 5.69 Å². The summed E-state index contributed by atoms with van der Waals surface area (Å²) in [6.07, 6.45) is 4.37. The molecule has 4 heteroatoms. The van der Waals surface area contributed by atoms with Gasteiger partial charge in [0.25, 0.3) is 0 Å². The summed E-state index contributed by atoms with van der Waals surface area (Å²) in [6.45, 7) is 2.78. The van der Waals surface area contributed by atoms with Crippen LogP contribution in [0.1, 0.15) is 25.5 Å². The first-order chi connectivity index (χ1) is 9.78. The number of fused-ring (bicyclic) bond motifs is 1. The largest absolute Gasteiger partial charge is 0.385 e. The molecule has 0 amide bonds. The molecular weight excluding hydrogens is 250 g/mol. The topological polar surface area (TPSA) is 65.8 Å². The van der Waals surface area contributed by atoms with Gasteiger partial charge in [-0.2, -0.15) is 5.26 Å². The maximum atomic E-state index is 10.8. The van der Waals surface area contributed by atoms with Gasteiger partial charge in [0.15, 0.2) is 0 Å². The maximum Gasteiger partial charge on any atom is 0.148 e. The van der Waals surface area contributed by atoms with Crippen molar-refractivity contribution in [3.63, 3.8) is 0 Å². The van der Waals surface area contributed by atoms with Crippen LogP contribution in [0.25, 0.3) is 10.8 Å². The van der Waals surface area contributed by atoms with E-state index in [4.69, 9.17) is 5.26 Å². The van der Waals surface area contributed by atoms with E-state index in [1.54, 1.807) is 6.20 Å². The summed E-state index contributed by atoms with van der Waals surface area (Å²) in [4.78, 5) is 14.8. The van der Waals surface area contributed by atoms with E-state index in [9.17, 15) is 4.79 Å². The molecule has 0 aliphatic rings. The van der Waals surface area contributed by atoms with E-state index in [2.05, 4.69) is 16.4 Å². The molecule has 1 aromatic heterocycles. The van der Waals surface area contributed by atoms with Crippen molar-refractivity contribution in [1.29, 1.82) is 5.26 Å². The van der Waals surface area contributed by atoms with Gasteiger partial charge in [0, 0.05) is 29.7 Å². The molecule has 0 bridgehead atoms. The van der Waals surface area contributed by atoms with Crippen LogP contribution in [0.2, 0.25) is 0 Å². The lowest BCUT2D eigenvalue weighted by molar-refractivity contribution is -0.111. The first kappa shape index (κ1) is 14.0. The van der Waals surface area contributed by atoms with Gasteiger partial charge in [-0.3, -0.25) is 0 Å².